The summed E-state index contributed by atoms with van der Waals surface area (Å²) in [5.74, 6) is -4.25. The highest BCUT2D eigenvalue weighted by Crippen LogP contribution is 2.61. The van der Waals surface area contributed by atoms with Crippen LogP contribution in [-0.4, -0.2) is 95.2 Å². The molecule has 0 radical (unpaired) electrons. The number of amides is 3. The van der Waals surface area contributed by atoms with Gasteiger partial charge < -0.3 is 34.4 Å². The number of aliphatic hydroxyl groups is 1. The van der Waals surface area contributed by atoms with E-state index in [9.17, 15) is 14.7 Å². The lowest BCUT2D eigenvalue weighted by molar-refractivity contribution is -0.163. The van der Waals surface area contributed by atoms with Gasteiger partial charge in [-0.3, -0.25) is 19.2 Å². The second-order valence-electron chi connectivity index (χ2n) is 14.8. The van der Waals surface area contributed by atoms with Gasteiger partial charge in [-0.25, -0.2) is 0 Å². The molecule has 11 nitrogen and oxygen atoms in total. The van der Waals surface area contributed by atoms with Crippen molar-refractivity contribution < 1.29 is 38.5 Å². The van der Waals surface area contributed by atoms with Crippen molar-refractivity contribution in [1.82, 2.24) is 10.2 Å². The maximum atomic E-state index is 15.4. The van der Waals surface area contributed by atoms with Gasteiger partial charge in [0.25, 0.3) is 5.91 Å². The van der Waals surface area contributed by atoms with Crippen LogP contribution in [0.25, 0.3) is 0 Å². The number of para-hydroxylation sites is 1. The van der Waals surface area contributed by atoms with E-state index in [-0.39, 0.29) is 38.3 Å². The Morgan fingerprint density at radius 3 is 2.42 bits per heavy atom. The third-order valence-corrected chi connectivity index (χ3v) is 12.3. The maximum Gasteiger partial charge on any atom is 0.313 e. The molecule has 302 valence electrons. The Hall–Kier alpha value is -4.33. The number of carbonyl (C=O) groups is 4. The topological polar surface area (TPSA) is 135 Å². The quantitative estimate of drug-likeness (QED) is 0.0918. The Bertz CT molecular complexity index is 1930. The van der Waals surface area contributed by atoms with E-state index in [1.165, 1.54) is 16.9 Å². The van der Waals surface area contributed by atoms with Gasteiger partial charge in [0.1, 0.15) is 17.7 Å². The number of rotatable bonds is 18. The number of esters is 1. The number of benzene rings is 3. The minimum Gasteiger partial charge on any atom is -0.455 e. The van der Waals surface area contributed by atoms with Crippen LogP contribution in [0.1, 0.15) is 42.1 Å². The SMILES string of the molecule is C=CCCC(=O)N[C@H](COC)[C@H](OC(=O)[C@H]1[C@@H]2O[C@@]3(CC2Br)[C@@H]1C(=O)N([C@@H](CO)Cc1ccccc1)[C@@H]3C(=O)N(CC=C)c1c(C)cccc1Cl)c1ccccc1. The van der Waals surface area contributed by atoms with E-state index in [0.717, 1.165) is 11.1 Å². The number of carbonyl (C=O) groups excluding carboxylic acids is 4. The summed E-state index contributed by atoms with van der Waals surface area (Å²) in [6, 6.07) is 20.8. The van der Waals surface area contributed by atoms with Crippen LogP contribution >= 0.6 is 27.5 Å². The normalized spacial score (nSPS) is 25.0. The highest BCUT2D eigenvalue weighted by atomic mass is 79.9. The average molecular weight is 863 g/mol. The lowest BCUT2D eigenvalue weighted by atomic mass is 9.70. The van der Waals surface area contributed by atoms with Crippen molar-refractivity contribution in [2.45, 2.75) is 73.4 Å². The van der Waals surface area contributed by atoms with E-state index < -0.39 is 77.0 Å². The van der Waals surface area contributed by atoms with Gasteiger partial charge in [0.05, 0.1) is 53.9 Å². The van der Waals surface area contributed by atoms with Crippen molar-refractivity contribution in [3.8, 4) is 0 Å². The zero-order valence-corrected chi connectivity index (χ0v) is 34.4. The van der Waals surface area contributed by atoms with Crippen LogP contribution in [0.5, 0.6) is 0 Å². The number of hydrogen-bond donors (Lipinski definition) is 2. The number of likely N-dealkylation sites (tertiary alicyclic amines) is 1. The Morgan fingerprint density at radius 2 is 1.79 bits per heavy atom. The summed E-state index contributed by atoms with van der Waals surface area (Å²) < 4.78 is 18.7. The third kappa shape index (κ3) is 8.33. The zero-order valence-electron chi connectivity index (χ0n) is 32.1. The third-order valence-electron chi connectivity index (χ3n) is 11.2. The van der Waals surface area contributed by atoms with Crippen LogP contribution in [0.3, 0.4) is 0 Å². The van der Waals surface area contributed by atoms with Crippen LogP contribution in [0.15, 0.2) is 104 Å². The molecule has 2 bridgehead atoms. The lowest BCUT2D eigenvalue weighted by Gasteiger charge is -2.40. The highest BCUT2D eigenvalue weighted by molar-refractivity contribution is 9.09. The number of aliphatic hydroxyl groups excluding tert-OH is 1. The Kier molecular flexibility index (Phi) is 13.7. The minimum atomic E-state index is -1.48. The van der Waals surface area contributed by atoms with E-state index in [1.807, 2.05) is 49.4 Å². The molecule has 3 aromatic rings. The van der Waals surface area contributed by atoms with E-state index in [0.29, 0.717) is 22.7 Å². The van der Waals surface area contributed by atoms with Gasteiger partial charge in [-0.2, -0.15) is 0 Å². The maximum absolute atomic E-state index is 15.4. The fourth-order valence-corrected chi connectivity index (χ4v) is 10.1. The van der Waals surface area contributed by atoms with Crippen molar-refractivity contribution in [1.29, 1.82) is 0 Å². The zero-order chi connectivity index (χ0) is 40.9. The van der Waals surface area contributed by atoms with Crippen molar-refractivity contribution in [2.24, 2.45) is 11.8 Å². The van der Waals surface area contributed by atoms with Gasteiger partial charge in [0.15, 0.2) is 0 Å². The molecule has 1 spiro atoms. The molecule has 3 heterocycles. The predicted octanol–water partition coefficient (Wildman–Crippen LogP) is 5.90. The van der Waals surface area contributed by atoms with Crippen LogP contribution in [-0.2, 0) is 39.8 Å². The smallest absolute Gasteiger partial charge is 0.313 e. The molecule has 3 fully saturated rings. The van der Waals surface area contributed by atoms with Crippen LogP contribution in [0.2, 0.25) is 5.02 Å². The summed E-state index contributed by atoms with van der Waals surface area (Å²) in [5.41, 5.74) is 1.17. The first-order valence-electron chi connectivity index (χ1n) is 19.1. The van der Waals surface area contributed by atoms with E-state index in [2.05, 4.69) is 34.4 Å². The molecule has 9 atom stereocenters. The summed E-state index contributed by atoms with van der Waals surface area (Å²) in [6.07, 6.45) is 2.49. The monoisotopic (exact) mass is 861 g/mol. The predicted molar refractivity (Wildman–Crippen MR) is 221 cm³/mol. The number of methoxy groups -OCH3 is 1. The summed E-state index contributed by atoms with van der Waals surface area (Å²) in [6.45, 7) is 9.08. The van der Waals surface area contributed by atoms with Crippen molar-refractivity contribution in [3.05, 3.63) is 126 Å². The molecule has 1 unspecified atom stereocenters. The first kappa shape index (κ1) is 42.3. The molecule has 0 aromatic heterocycles. The van der Waals surface area contributed by atoms with Crippen LogP contribution in [0.4, 0.5) is 5.69 Å². The van der Waals surface area contributed by atoms with Gasteiger partial charge in [0.2, 0.25) is 11.8 Å². The number of nitrogens with one attached hydrogen (secondary N) is 1. The summed E-state index contributed by atoms with van der Waals surface area (Å²) in [4.78, 5) is 60.9. The summed E-state index contributed by atoms with van der Waals surface area (Å²) >= 11 is 10.5. The van der Waals surface area contributed by atoms with Crippen molar-refractivity contribution >= 4 is 56.9 Å². The fraction of sp³-hybridized carbons (Fsp3) is 0.409. The van der Waals surface area contributed by atoms with E-state index >= 15 is 9.59 Å². The minimum absolute atomic E-state index is 0.0211. The number of fused-ring (bicyclic) bond motifs is 1. The van der Waals surface area contributed by atoms with Crippen LogP contribution < -0.4 is 10.2 Å². The van der Waals surface area contributed by atoms with Gasteiger partial charge in [-0.1, -0.05) is 112 Å². The number of alkyl halides is 1. The number of allylic oxidation sites excluding steroid dienone is 1. The number of aryl methyl sites for hydroxylation is 1. The standard InChI is InChI=1S/C44H49BrClN3O8/c1-5-7-21-34(51)47-33(26-55-4)38(29-18-12-9-13-19-29)56-43(54)35-36-41(52)49(30(25-50)23-28-16-10-8-11-17-28)40(44(36)24-31(45)39(35)57-44)42(53)48(22-6-2)37-27(3)15-14-20-32(37)46/h5-6,8-20,30-31,33,35-36,38-40,50H,1-2,7,21-26H2,3-4H3,(H,47,51)/t30-,31?,33-,35-,36+,38-,39-,40-,44+/m1/s1. The van der Waals surface area contributed by atoms with E-state index in [4.69, 9.17) is 25.8 Å². The van der Waals surface area contributed by atoms with Gasteiger partial charge in [-0.05, 0) is 48.9 Å². The second-order valence-corrected chi connectivity index (χ2v) is 16.4. The molecule has 3 aromatic carbocycles. The summed E-state index contributed by atoms with van der Waals surface area (Å²) in [7, 11) is 1.49. The molecule has 6 rings (SSSR count). The Balaban J connectivity index is 1.43. The first-order chi connectivity index (χ1) is 27.5. The molecule has 2 N–H and O–H groups in total. The second kappa shape index (κ2) is 18.5. The Morgan fingerprint density at radius 1 is 1.09 bits per heavy atom. The average Bonchev–Trinajstić information content (AvgIpc) is 3.81. The molecule has 3 saturated heterocycles. The lowest BCUT2D eigenvalue weighted by Crippen LogP contribution is -2.59. The first-order valence-corrected chi connectivity index (χ1v) is 20.4. The number of anilines is 1. The van der Waals surface area contributed by atoms with Gasteiger partial charge >= 0.3 is 5.97 Å². The molecule has 0 saturated carbocycles. The Labute approximate surface area is 347 Å². The van der Waals surface area contributed by atoms with Gasteiger partial charge in [0, 0.05) is 24.9 Å². The fourth-order valence-electron chi connectivity index (χ4n) is 8.80. The van der Waals surface area contributed by atoms with Gasteiger partial charge in [-0.15, -0.1) is 13.2 Å². The molecular weight excluding hydrogens is 814 g/mol. The molecular formula is C44H49BrClN3O8. The molecule has 13 heteroatoms. The van der Waals surface area contributed by atoms with Crippen LogP contribution in [0, 0.1) is 18.8 Å². The van der Waals surface area contributed by atoms with E-state index in [1.54, 1.807) is 48.6 Å². The largest absolute Gasteiger partial charge is 0.455 e. The number of nitrogens with zero attached hydrogens (tertiary/aromatic N) is 2. The summed E-state index contributed by atoms with van der Waals surface area (Å²) in [5, 5.41) is 14.3. The molecule has 3 aliphatic rings. The van der Waals surface area contributed by atoms with Crippen molar-refractivity contribution in [2.75, 3.05) is 31.8 Å². The molecule has 3 aliphatic heterocycles. The number of hydrogen-bond acceptors (Lipinski definition) is 8. The molecule has 57 heavy (non-hydrogen) atoms. The van der Waals surface area contributed by atoms with Crippen molar-refractivity contribution in [3.63, 3.8) is 0 Å². The number of ether oxygens (including phenoxy) is 3. The molecule has 0 aliphatic carbocycles. The molecule has 3 amide bonds. The highest BCUT2D eigenvalue weighted by Gasteiger charge is 2.77. The number of halogens is 2.